The standard InChI is InChI=1S/C25H25N5O5S/c1-17-21(25(32)30(28-17)24(31)19-7-5-4-6-8-19)14-11-18-9-12-20(13-10-18)36(33,34)29(2)22-23(35-3)27-16-15-26-22/h4-16,21,25,32H,1-3H3/b14-11+. The minimum absolute atomic E-state index is 0.0631. The van der Waals surface area contributed by atoms with E-state index in [0.717, 1.165) is 9.31 Å². The number of anilines is 1. The fourth-order valence-electron chi connectivity index (χ4n) is 3.70. The summed E-state index contributed by atoms with van der Waals surface area (Å²) in [6.45, 7) is 1.74. The van der Waals surface area contributed by atoms with E-state index in [1.807, 2.05) is 0 Å². The Morgan fingerprint density at radius 3 is 2.42 bits per heavy atom. The van der Waals surface area contributed by atoms with Gasteiger partial charge in [-0.1, -0.05) is 42.5 Å². The Bertz CT molecular complexity index is 1410. The zero-order valence-electron chi connectivity index (χ0n) is 19.9. The maximum absolute atomic E-state index is 13.1. The van der Waals surface area contributed by atoms with E-state index in [9.17, 15) is 18.3 Å². The summed E-state index contributed by atoms with van der Waals surface area (Å²) < 4.78 is 32.3. The zero-order valence-corrected chi connectivity index (χ0v) is 20.7. The van der Waals surface area contributed by atoms with Crippen molar-refractivity contribution in [3.8, 4) is 5.88 Å². The van der Waals surface area contributed by atoms with Gasteiger partial charge in [0.2, 0.25) is 5.82 Å². The minimum atomic E-state index is -3.91. The number of hydrazone groups is 1. The van der Waals surface area contributed by atoms with Crippen LogP contribution in [0.25, 0.3) is 6.08 Å². The van der Waals surface area contributed by atoms with Gasteiger partial charge in [0.05, 0.1) is 17.9 Å². The Morgan fingerprint density at radius 2 is 1.75 bits per heavy atom. The highest BCUT2D eigenvalue weighted by atomic mass is 32.2. The first-order valence-electron chi connectivity index (χ1n) is 11.0. The number of aliphatic hydroxyl groups excluding tert-OH is 1. The van der Waals surface area contributed by atoms with Crippen molar-refractivity contribution in [1.29, 1.82) is 0 Å². The summed E-state index contributed by atoms with van der Waals surface area (Å²) >= 11 is 0. The molecule has 36 heavy (non-hydrogen) atoms. The lowest BCUT2D eigenvalue weighted by Gasteiger charge is -2.20. The lowest BCUT2D eigenvalue weighted by molar-refractivity contribution is 0.0106. The molecule has 11 heteroatoms. The second kappa shape index (κ2) is 10.3. The molecule has 2 atom stereocenters. The highest BCUT2D eigenvalue weighted by Crippen LogP contribution is 2.28. The number of rotatable bonds is 7. The summed E-state index contributed by atoms with van der Waals surface area (Å²) in [4.78, 5) is 20.8. The van der Waals surface area contributed by atoms with Crippen LogP contribution in [0.5, 0.6) is 5.88 Å². The van der Waals surface area contributed by atoms with E-state index >= 15 is 0 Å². The second-order valence-corrected chi connectivity index (χ2v) is 9.96. The third-order valence-electron chi connectivity index (χ3n) is 5.72. The third kappa shape index (κ3) is 4.83. The summed E-state index contributed by atoms with van der Waals surface area (Å²) in [7, 11) is -1.14. The number of amides is 1. The maximum atomic E-state index is 13.1. The van der Waals surface area contributed by atoms with Gasteiger partial charge in [-0.05, 0) is 36.8 Å². The van der Waals surface area contributed by atoms with Gasteiger partial charge in [-0.15, -0.1) is 0 Å². The highest BCUT2D eigenvalue weighted by Gasteiger charge is 2.36. The molecule has 0 bridgehead atoms. The molecule has 0 aliphatic carbocycles. The molecule has 2 heterocycles. The number of carbonyl (C=O) groups excluding carboxylic acids is 1. The maximum Gasteiger partial charge on any atom is 0.276 e. The lowest BCUT2D eigenvalue weighted by Crippen LogP contribution is -2.36. The Hall–Kier alpha value is -4.09. The van der Waals surface area contributed by atoms with Gasteiger partial charge >= 0.3 is 0 Å². The first kappa shape index (κ1) is 25.0. The molecule has 0 radical (unpaired) electrons. The predicted octanol–water partition coefficient (Wildman–Crippen LogP) is 2.79. The summed E-state index contributed by atoms with van der Waals surface area (Å²) in [5.74, 6) is -0.730. The third-order valence-corrected chi connectivity index (χ3v) is 7.48. The van der Waals surface area contributed by atoms with E-state index in [1.54, 1.807) is 61.5 Å². The first-order valence-corrected chi connectivity index (χ1v) is 12.4. The van der Waals surface area contributed by atoms with Crippen LogP contribution in [-0.4, -0.2) is 60.5 Å². The molecule has 2 aromatic carbocycles. The van der Waals surface area contributed by atoms with Gasteiger partial charge < -0.3 is 9.84 Å². The SMILES string of the molecule is COc1nccnc1N(C)S(=O)(=O)c1ccc(/C=C/C2C(C)=NN(C(=O)c3ccccc3)C2O)cc1. The van der Waals surface area contributed by atoms with E-state index in [2.05, 4.69) is 15.1 Å². The summed E-state index contributed by atoms with van der Waals surface area (Å²) in [5.41, 5.74) is 1.72. The van der Waals surface area contributed by atoms with Crippen molar-refractivity contribution in [2.24, 2.45) is 11.0 Å². The Kier molecular flexibility index (Phi) is 7.13. The molecule has 1 aliphatic heterocycles. The van der Waals surface area contributed by atoms with Gasteiger partial charge in [-0.3, -0.25) is 4.79 Å². The number of aliphatic hydroxyl groups is 1. The van der Waals surface area contributed by atoms with Gasteiger partial charge in [0.15, 0.2) is 6.23 Å². The number of hydrogen-bond acceptors (Lipinski definition) is 8. The molecule has 3 aromatic rings. The number of carbonyl (C=O) groups is 1. The molecule has 1 aromatic heterocycles. The van der Waals surface area contributed by atoms with Crippen LogP contribution in [0, 0.1) is 5.92 Å². The van der Waals surface area contributed by atoms with Gasteiger partial charge in [0, 0.05) is 30.7 Å². The van der Waals surface area contributed by atoms with E-state index in [-0.39, 0.29) is 16.6 Å². The quantitative estimate of drug-likeness (QED) is 0.521. The summed E-state index contributed by atoms with van der Waals surface area (Å²) in [6.07, 6.45) is 5.13. The van der Waals surface area contributed by atoms with Crippen molar-refractivity contribution in [2.45, 2.75) is 18.0 Å². The number of aromatic nitrogens is 2. The Labute approximate surface area is 209 Å². The van der Waals surface area contributed by atoms with Crippen molar-refractivity contribution in [3.63, 3.8) is 0 Å². The number of sulfonamides is 1. The number of ether oxygens (including phenoxy) is 1. The summed E-state index contributed by atoms with van der Waals surface area (Å²) in [6, 6.07) is 14.9. The smallest absolute Gasteiger partial charge is 0.276 e. The van der Waals surface area contributed by atoms with Crippen LogP contribution in [0.1, 0.15) is 22.8 Å². The van der Waals surface area contributed by atoms with Crippen molar-refractivity contribution >= 4 is 33.5 Å². The van der Waals surface area contributed by atoms with Gasteiger partial charge in [0.25, 0.3) is 21.8 Å². The molecule has 4 rings (SSSR count). The van der Waals surface area contributed by atoms with Crippen molar-refractivity contribution < 1.29 is 23.1 Å². The fraction of sp³-hybridized carbons (Fsp3) is 0.200. The number of nitrogens with zero attached hydrogens (tertiary/aromatic N) is 5. The van der Waals surface area contributed by atoms with Gasteiger partial charge in [-0.2, -0.15) is 10.1 Å². The average Bonchev–Trinajstić information content (AvgIpc) is 3.19. The molecule has 2 unspecified atom stereocenters. The number of benzene rings is 2. The predicted molar refractivity (Wildman–Crippen MR) is 135 cm³/mol. The zero-order chi connectivity index (χ0) is 25.9. The average molecular weight is 508 g/mol. The van der Waals surface area contributed by atoms with Crippen LogP contribution < -0.4 is 9.04 Å². The first-order chi connectivity index (χ1) is 17.2. The van der Waals surface area contributed by atoms with Crippen molar-refractivity contribution in [3.05, 3.63) is 84.2 Å². The van der Waals surface area contributed by atoms with Crippen LogP contribution in [0.2, 0.25) is 0 Å². The molecule has 1 amide bonds. The highest BCUT2D eigenvalue weighted by molar-refractivity contribution is 7.92. The second-order valence-electron chi connectivity index (χ2n) is 7.99. The van der Waals surface area contributed by atoms with Crippen LogP contribution in [0.4, 0.5) is 5.82 Å². The van der Waals surface area contributed by atoms with E-state index in [0.29, 0.717) is 16.8 Å². The molecule has 1 N–H and O–H groups in total. The molecule has 10 nitrogen and oxygen atoms in total. The number of methoxy groups -OCH3 is 1. The monoisotopic (exact) mass is 507 g/mol. The van der Waals surface area contributed by atoms with E-state index in [1.165, 1.54) is 38.7 Å². The van der Waals surface area contributed by atoms with E-state index in [4.69, 9.17) is 4.74 Å². The lowest BCUT2D eigenvalue weighted by atomic mass is 10.0. The normalized spacial score (nSPS) is 17.8. The molecule has 0 fully saturated rings. The van der Waals surface area contributed by atoms with Crippen LogP contribution >= 0.6 is 0 Å². The Morgan fingerprint density at radius 1 is 1.08 bits per heavy atom. The molecule has 0 saturated heterocycles. The summed E-state index contributed by atoms with van der Waals surface area (Å²) in [5, 5.41) is 16.0. The minimum Gasteiger partial charge on any atom is -0.478 e. The van der Waals surface area contributed by atoms with Crippen LogP contribution in [-0.2, 0) is 10.0 Å². The molecular formula is C25H25N5O5S. The van der Waals surface area contributed by atoms with Crippen LogP contribution in [0.15, 0.2) is 83.1 Å². The van der Waals surface area contributed by atoms with E-state index < -0.39 is 28.1 Å². The molecular weight excluding hydrogens is 482 g/mol. The molecule has 186 valence electrons. The largest absolute Gasteiger partial charge is 0.478 e. The molecule has 0 spiro atoms. The number of hydrogen-bond donors (Lipinski definition) is 1. The topological polar surface area (TPSA) is 125 Å². The fourth-order valence-corrected chi connectivity index (χ4v) is 4.85. The van der Waals surface area contributed by atoms with Crippen molar-refractivity contribution in [2.75, 3.05) is 18.5 Å². The molecule has 0 saturated carbocycles. The van der Waals surface area contributed by atoms with Gasteiger partial charge in [-0.25, -0.2) is 22.7 Å². The molecule has 1 aliphatic rings. The van der Waals surface area contributed by atoms with Crippen LogP contribution in [0.3, 0.4) is 0 Å². The van der Waals surface area contributed by atoms with Crippen molar-refractivity contribution in [1.82, 2.24) is 15.0 Å². The Balaban J connectivity index is 1.49. The van der Waals surface area contributed by atoms with Gasteiger partial charge in [0.1, 0.15) is 0 Å².